The summed E-state index contributed by atoms with van der Waals surface area (Å²) in [5, 5.41) is 9.47. The Morgan fingerprint density at radius 1 is 1.24 bits per heavy atom. The summed E-state index contributed by atoms with van der Waals surface area (Å²) in [5.41, 5.74) is 1.16. The SMILES string of the molecule is COc1ccc(NC(=O)[C@@H]2C[C@@H](C(C)C)N[C@@]23C(=O)Nc2ccc(Br)cc23)cc1. The fourth-order valence-electron chi connectivity index (χ4n) is 4.31. The summed E-state index contributed by atoms with van der Waals surface area (Å²) in [5.74, 6) is 0.121. The van der Waals surface area contributed by atoms with Crippen molar-refractivity contribution in [2.45, 2.75) is 31.8 Å². The summed E-state index contributed by atoms with van der Waals surface area (Å²) in [6.45, 7) is 4.20. The molecule has 3 N–H and O–H groups in total. The van der Waals surface area contributed by atoms with E-state index in [2.05, 4.69) is 45.7 Å². The molecule has 3 atom stereocenters. The van der Waals surface area contributed by atoms with Crippen molar-refractivity contribution < 1.29 is 14.3 Å². The number of carbonyl (C=O) groups is 2. The molecule has 0 unspecified atom stereocenters. The van der Waals surface area contributed by atoms with Gasteiger partial charge < -0.3 is 15.4 Å². The fourth-order valence-corrected chi connectivity index (χ4v) is 4.67. The molecule has 6 nitrogen and oxygen atoms in total. The maximum atomic E-state index is 13.4. The van der Waals surface area contributed by atoms with Gasteiger partial charge in [-0.25, -0.2) is 0 Å². The van der Waals surface area contributed by atoms with E-state index in [1.165, 1.54) is 0 Å². The van der Waals surface area contributed by atoms with Crippen LogP contribution in [0.15, 0.2) is 46.9 Å². The molecule has 2 aliphatic rings. The molecular weight excluding hydrogens is 434 g/mol. The van der Waals surface area contributed by atoms with Crippen LogP contribution in [0.2, 0.25) is 0 Å². The van der Waals surface area contributed by atoms with E-state index < -0.39 is 11.5 Å². The lowest BCUT2D eigenvalue weighted by atomic mass is 9.79. The zero-order valence-corrected chi connectivity index (χ0v) is 18.2. The minimum absolute atomic E-state index is 0.0531. The summed E-state index contributed by atoms with van der Waals surface area (Å²) < 4.78 is 6.05. The van der Waals surface area contributed by atoms with Crippen molar-refractivity contribution >= 4 is 39.1 Å². The number of anilines is 2. The van der Waals surface area contributed by atoms with Crippen molar-refractivity contribution in [3.05, 3.63) is 52.5 Å². The number of hydrogen-bond acceptors (Lipinski definition) is 4. The van der Waals surface area contributed by atoms with Gasteiger partial charge in [0.15, 0.2) is 0 Å². The molecule has 1 saturated heterocycles. The lowest BCUT2D eigenvalue weighted by molar-refractivity contribution is -0.130. The Kier molecular flexibility index (Phi) is 5.12. The summed E-state index contributed by atoms with van der Waals surface area (Å²) in [7, 11) is 1.60. The summed E-state index contributed by atoms with van der Waals surface area (Å²) in [6, 6.07) is 12.9. The van der Waals surface area contributed by atoms with Crippen LogP contribution in [-0.4, -0.2) is 25.0 Å². The Bertz CT molecular complexity index is 960. The van der Waals surface area contributed by atoms with Gasteiger partial charge in [-0.15, -0.1) is 0 Å². The van der Waals surface area contributed by atoms with Crippen molar-refractivity contribution in [2.75, 3.05) is 17.7 Å². The molecule has 2 aromatic carbocycles. The molecule has 0 bridgehead atoms. The van der Waals surface area contributed by atoms with E-state index in [1.807, 2.05) is 18.2 Å². The van der Waals surface area contributed by atoms with Gasteiger partial charge in [0, 0.05) is 27.5 Å². The van der Waals surface area contributed by atoms with Gasteiger partial charge >= 0.3 is 0 Å². The molecule has 7 heteroatoms. The Morgan fingerprint density at radius 3 is 2.62 bits per heavy atom. The second-order valence-electron chi connectivity index (χ2n) is 7.95. The Balaban J connectivity index is 1.71. The van der Waals surface area contributed by atoms with Gasteiger partial charge in [-0.2, -0.15) is 0 Å². The van der Waals surface area contributed by atoms with Gasteiger partial charge in [-0.3, -0.25) is 14.9 Å². The minimum Gasteiger partial charge on any atom is -0.497 e. The molecule has 2 heterocycles. The van der Waals surface area contributed by atoms with E-state index in [1.54, 1.807) is 31.4 Å². The first-order chi connectivity index (χ1) is 13.8. The molecule has 0 aliphatic carbocycles. The molecule has 29 heavy (non-hydrogen) atoms. The third kappa shape index (κ3) is 3.32. The average molecular weight is 458 g/mol. The Morgan fingerprint density at radius 2 is 1.97 bits per heavy atom. The number of benzene rings is 2. The second-order valence-corrected chi connectivity index (χ2v) is 8.87. The standard InChI is InChI=1S/C22H24BrN3O3/c1-12(2)19-11-17(20(27)24-14-5-7-15(29-3)8-6-14)22(26-19)16-10-13(23)4-9-18(16)25-21(22)28/h4-10,12,17,19,26H,11H2,1-3H3,(H,24,27)(H,25,28)/t17-,19-,22+/m0/s1. The number of carbonyl (C=O) groups excluding carboxylic acids is 2. The maximum absolute atomic E-state index is 13.4. The van der Waals surface area contributed by atoms with Crippen LogP contribution in [0.1, 0.15) is 25.8 Å². The molecule has 2 aliphatic heterocycles. The first kappa shape index (κ1) is 19.9. The van der Waals surface area contributed by atoms with Gasteiger partial charge in [0.2, 0.25) is 11.8 Å². The van der Waals surface area contributed by atoms with E-state index in [9.17, 15) is 9.59 Å². The van der Waals surface area contributed by atoms with Crippen LogP contribution in [0, 0.1) is 11.8 Å². The molecule has 2 amide bonds. The normalized spacial score (nSPS) is 25.2. The van der Waals surface area contributed by atoms with Crippen molar-refractivity contribution in [1.82, 2.24) is 5.32 Å². The lowest BCUT2D eigenvalue weighted by Gasteiger charge is -2.29. The van der Waals surface area contributed by atoms with Crippen molar-refractivity contribution in [3.63, 3.8) is 0 Å². The van der Waals surface area contributed by atoms with Crippen LogP contribution in [0.25, 0.3) is 0 Å². The molecule has 0 saturated carbocycles. The van der Waals surface area contributed by atoms with Gasteiger partial charge in [0.05, 0.1) is 13.0 Å². The first-order valence-corrected chi connectivity index (χ1v) is 10.5. The highest BCUT2D eigenvalue weighted by Gasteiger charge is 2.60. The van der Waals surface area contributed by atoms with E-state index in [-0.39, 0.29) is 23.8 Å². The number of halogens is 1. The molecule has 4 rings (SSSR count). The van der Waals surface area contributed by atoms with E-state index in [4.69, 9.17) is 4.74 Å². The third-order valence-electron chi connectivity index (χ3n) is 5.92. The molecule has 0 aromatic heterocycles. The molecular formula is C22H24BrN3O3. The Hall–Kier alpha value is -2.38. The number of ether oxygens (including phenoxy) is 1. The quantitative estimate of drug-likeness (QED) is 0.650. The van der Waals surface area contributed by atoms with Gasteiger partial charge in [-0.1, -0.05) is 29.8 Å². The average Bonchev–Trinajstić information content (AvgIpc) is 3.23. The molecule has 2 aromatic rings. The predicted octanol–water partition coefficient (Wildman–Crippen LogP) is 3.88. The largest absolute Gasteiger partial charge is 0.497 e. The molecule has 0 radical (unpaired) electrons. The molecule has 1 spiro atoms. The van der Waals surface area contributed by atoms with Crippen molar-refractivity contribution in [2.24, 2.45) is 11.8 Å². The van der Waals surface area contributed by atoms with Crippen LogP contribution in [-0.2, 0) is 15.1 Å². The van der Waals surface area contributed by atoms with E-state index in [0.717, 1.165) is 21.5 Å². The van der Waals surface area contributed by atoms with E-state index >= 15 is 0 Å². The fraction of sp³-hybridized carbons (Fsp3) is 0.364. The number of rotatable bonds is 4. The first-order valence-electron chi connectivity index (χ1n) is 9.69. The minimum atomic E-state index is -1.08. The predicted molar refractivity (Wildman–Crippen MR) is 116 cm³/mol. The van der Waals surface area contributed by atoms with Crippen molar-refractivity contribution in [1.29, 1.82) is 0 Å². The molecule has 152 valence electrons. The van der Waals surface area contributed by atoms with Gasteiger partial charge in [-0.05, 0) is 54.8 Å². The number of hydrogen-bond donors (Lipinski definition) is 3. The van der Waals surface area contributed by atoms with E-state index in [0.29, 0.717) is 12.1 Å². The number of nitrogens with one attached hydrogen (secondary N) is 3. The smallest absolute Gasteiger partial charge is 0.250 e. The van der Waals surface area contributed by atoms with Crippen LogP contribution in [0.5, 0.6) is 5.75 Å². The van der Waals surface area contributed by atoms with Crippen LogP contribution in [0.4, 0.5) is 11.4 Å². The van der Waals surface area contributed by atoms with Crippen molar-refractivity contribution in [3.8, 4) is 5.75 Å². The highest BCUT2D eigenvalue weighted by molar-refractivity contribution is 9.10. The zero-order valence-electron chi connectivity index (χ0n) is 16.6. The highest BCUT2D eigenvalue weighted by atomic mass is 79.9. The topological polar surface area (TPSA) is 79.5 Å². The highest BCUT2D eigenvalue weighted by Crippen LogP contribution is 2.49. The van der Waals surface area contributed by atoms with Gasteiger partial charge in [0.25, 0.3) is 0 Å². The van der Waals surface area contributed by atoms with Crippen LogP contribution >= 0.6 is 15.9 Å². The number of fused-ring (bicyclic) bond motifs is 2. The number of methoxy groups -OCH3 is 1. The third-order valence-corrected chi connectivity index (χ3v) is 6.41. The maximum Gasteiger partial charge on any atom is 0.250 e. The molecule has 1 fully saturated rings. The summed E-state index contributed by atoms with van der Waals surface area (Å²) >= 11 is 3.50. The van der Waals surface area contributed by atoms with Gasteiger partial charge in [0.1, 0.15) is 11.3 Å². The lowest BCUT2D eigenvalue weighted by Crippen LogP contribution is -2.52. The monoisotopic (exact) mass is 457 g/mol. The van der Waals surface area contributed by atoms with Crippen LogP contribution in [0.3, 0.4) is 0 Å². The Labute approximate surface area is 178 Å². The second kappa shape index (κ2) is 7.46. The zero-order chi connectivity index (χ0) is 20.8. The summed E-state index contributed by atoms with van der Waals surface area (Å²) in [4.78, 5) is 26.6. The summed E-state index contributed by atoms with van der Waals surface area (Å²) in [6.07, 6.45) is 0.582. The van der Waals surface area contributed by atoms with Crippen LogP contribution < -0.4 is 20.7 Å². The number of amides is 2.